The number of hydrogen-bond donors (Lipinski definition) is 1. The number of aryl methyl sites for hydroxylation is 1. The third kappa shape index (κ3) is 2.16. The Morgan fingerprint density at radius 3 is 2.80 bits per heavy atom. The number of nitrogens with zero attached hydrogens (tertiary/aromatic N) is 1. The minimum Gasteiger partial charge on any atom is -0.332 e. The number of aromatic amines is 1. The molecule has 4 heteroatoms. The Kier molecular flexibility index (Phi) is 2.98. The number of halogens is 2. The highest BCUT2D eigenvalue weighted by Gasteiger charge is 2.09. The Morgan fingerprint density at radius 1 is 1.33 bits per heavy atom. The predicted molar refractivity (Wildman–Crippen MR) is 63.4 cm³/mol. The molecule has 0 spiro atoms. The molecule has 2 aromatic rings. The lowest BCUT2D eigenvalue weighted by Gasteiger charge is -2.00. The molecule has 0 aliphatic rings. The summed E-state index contributed by atoms with van der Waals surface area (Å²) in [5, 5.41) is 1.12. The van der Waals surface area contributed by atoms with E-state index >= 15 is 0 Å². The van der Waals surface area contributed by atoms with E-state index in [0.717, 1.165) is 23.4 Å². The van der Waals surface area contributed by atoms with Crippen LogP contribution in [-0.2, 0) is 6.42 Å². The molecule has 0 saturated carbocycles. The average molecular weight is 241 g/mol. The zero-order chi connectivity index (χ0) is 10.8. The molecule has 0 atom stereocenters. The van der Waals surface area contributed by atoms with E-state index in [0.29, 0.717) is 10.3 Å². The summed E-state index contributed by atoms with van der Waals surface area (Å²) in [6.45, 7) is 2.05. The van der Waals surface area contributed by atoms with E-state index in [1.165, 1.54) is 0 Å². The SMILES string of the molecule is CCc1[nH]c(Cl)nc1-c1cccc(Cl)c1. The highest BCUT2D eigenvalue weighted by molar-refractivity contribution is 6.31. The molecule has 0 saturated heterocycles. The van der Waals surface area contributed by atoms with Crippen molar-refractivity contribution in [2.75, 3.05) is 0 Å². The normalized spacial score (nSPS) is 10.6. The summed E-state index contributed by atoms with van der Waals surface area (Å²) in [5.74, 6) is 0. The fourth-order valence-electron chi connectivity index (χ4n) is 1.51. The lowest BCUT2D eigenvalue weighted by atomic mass is 10.1. The van der Waals surface area contributed by atoms with Gasteiger partial charge in [-0.25, -0.2) is 4.98 Å². The fraction of sp³-hybridized carbons (Fsp3) is 0.182. The third-order valence-electron chi connectivity index (χ3n) is 2.20. The van der Waals surface area contributed by atoms with Crippen molar-refractivity contribution in [3.05, 3.63) is 40.3 Å². The first-order chi connectivity index (χ1) is 7.20. The van der Waals surface area contributed by atoms with E-state index in [9.17, 15) is 0 Å². The molecule has 15 heavy (non-hydrogen) atoms. The van der Waals surface area contributed by atoms with Crippen LogP contribution in [-0.4, -0.2) is 9.97 Å². The molecule has 78 valence electrons. The molecule has 2 rings (SSSR count). The monoisotopic (exact) mass is 240 g/mol. The summed E-state index contributed by atoms with van der Waals surface area (Å²) in [4.78, 5) is 7.27. The molecule has 0 unspecified atom stereocenters. The standard InChI is InChI=1S/C11H10Cl2N2/c1-2-9-10(15-11(13)14-9)7-4-3-5-8(12)6-7/h3-6H,2H2,1H3,(H,14,15). The van der Waals surface area contributed by atoms with Gasteiger partial charge in [0.15, 0.2) is 0 Å². The molecular weight excluding hydrogens is 231 g/mol. The molecule has 0 aliphatic heterocycles. The number of benzene rings is 1. The van der Waals surface area contributed by atoms with Gasteiger partial charge in [-0.1, -0.05) is 30.7 Å². The molecule has 1 N–H and O–H groups in total. The zero-order valence-corrected chi connectivity index (χ0v) is 9.73. The topological polar surface area (TPSA) is 28.7 Å². The second-order valence-corrected chi connectivity index (χ2v) is 4.01. The first-order valence-corrected chi connectivity index (χ1v) is 5.46. The van der Waals surface area contributed by atoms with E-state index in [1.807, 2.05) is 24.3 Å². The minimum absolute atomic E-state index is 0.418. The number of hydrogen-bond acceptors (Lipinski definition) is 1. The van der Waals surface area contributed by atoms with Crippen molar-refractivity contribution >= 4 is 23.2 Å². The van der Waals surface area contributed by atoms with Gasteiger partial charge in [-0.05, 0) is 30.2 Å². The van der Waals surface area contributed by atoms with Crippen molar-refractivity contribution in [3.63, 3.8) is 0 Å². The first kappa shape index (κ1) is 10.5. The van der Waals surface area contributed by atoms with Crippen LogP contribution in [0.15, 0.2) is 24.3 Å². The second kappa shape index (κ2) is 4.25. The maximum Gasteiger partial charge on any atom is 0.200 e. The molecule has 1 aromatic carbocycles. The Bertz CT molecular complexity index is 477. The van der Waals surface area contributed by atoms with Gasteiger partial charge < -0.3 is 4.98 Å². The van der Waals surface area contributed by atoms with E-state index in [-0.39, 0.29) is 0 Å². The molecular formula is C11H10Cl2N2. The molecule has 0 aliphatic carbocycles. The Morgan fingerprint density at radius 2 is 2.13 bits per heavy atom. The number of nitrogens with one attached hydrogen (secondary N) is 1. The molecule has 2 nitrogen and oxygen atoms in total. The van der Waals surface area contributed by atoms with Gasteiger partial charge in [-0.3, -0.25) is 0 Å². The van der Waals surface area contributed by atoms with E-state index < -0.39 is 0 Å². The van der Waals surface area contributed by atoms with Crippen molar-refractivity contribution in [2.24, 2.45) is 0 Å². The highest BCUT2D eigenvalue weighted by atomic mass is 35.5. The van der Waals surface area contributed by atoms with Crippen molar-refractivity contribution < 1.29 is 0 Å². The van der Waals surface area contributed by atoms with Crippen molar-refractivity contribution in [2.45, 2.75) is 13.3 Å². The maximum atomic E-state index is 5.93. The van der Waals surface area contributed by atoms with Gasteiger partial charge in [0.1, 0.15) is 0 Å². The summed E-state index contributed by atoms with van der Waals surface area (Å²) in [6.07, 6.45) is 0.863. The summed E-state index contributed by atoms with van der Waals surface area (Å²) in [5.41, 5.74) is 2.90. The molecule has 0 amide bonds. The number of aromatic nitrogens is 2. The van der Waals surface area contributed by atoms with Crippen LogP contribution < -0.4 is 0 Å². The Balaban J connectivity index is 2.53. The van der Waals surface area contributed by atoms with Gasteiger partial charge in [-0.15, -0.1) is 0 Å². The summed E-state index contributed by atoms with van der Waals surface area (Å²) in [6, 6.07) is 7.59. The summed E-state index contributed by atoms with van der Waals surface area (Å²) < 4.78 is 0. The predicted octanol–water partition coefficient (Wildman–Crippen LogP) is 3.95. The number of imidazole rings is 1. The van der Waals surface area contributed by atoms with Crippen LogP contribution in [0, 0.1) is 0 Å². The zero-order valence-electron chi connectivity index (χ0n) is 8.22. The lowest BCUT2D eigenvalue weighted by Crippen LogP contribution is -1.85. The molecule has 0 fully saturated rings. The van der Waals surface area contributed by atoms with Crippen LogP contribution in [0.25, 0.3) is 11.3 Å². The van der Waals surface area contributed by atoms with E-state index in [2.05, 4.69) is 16.9 Å². The van der Waals surface area contributed by atoms with Crippen LogP contribution in [0.3, 0.4) is 0 Å². The third-order valence-corrected chi connectivity index (χ3v) is 2.62. The van der Waals surface area contributed by atoms with Crippen molar-refractivity contribution in [1.29, 1.82) is 0 Å². The van der Waals surface area contributed by atoms with Crippen LogP contribution in [0.1, 0.15) is 12.6 Å². The van der Waals surface area contributed by atoms with E-state index in [1.54, 1.807) is 0 Å². The molecule has 0 radical (unpaired) electrons. The van der Waals surface area contributed by atoms with Crippen LogP contribution >= 0.6 is 23.2 Å². The fourth-order valence-corrected chi connectivity index (χ4v) is 1.90. The second-order valence-electron chi connectivity index (χ2n) is 3.22. The lowest BCUT2D eigenvalue weighted by molar-refractivity contribution is 1.07. The number of rotatable bonds is 2. The Labute approximate surface area is 98.3 Å². The quantitative estimate of drug-likeness (QED) is 0.847. The summed E-state index contributed by atoms with van der Waals surface area (Å²) >= 11 is 11.8. The number of H-pyrrole nitrogens is 1. The van der Waals surface area contributed by atoms with E-state index in [4.69, 9.17) is 23.2 Å². The minimum atomic E-state index is 0.418. The van der Waals surface area contributed by atoms with Gasteiger partial charge in [-0.2, -0.15) is 0 Å². The Hall–Kier alpha value is -0.990. The molecule has 1 aromatic heterocycles. The van der Waals surface area contributed by atoms with Crippen molar-refractivity contribution in [3.8, 4) is 11.3 Å². The van der Waals surface area contributed by atoms with Gasteiger partial charge >= 0.3 is 0 Å². The van der Waals surface area contributed by atoms with Crippen molar-refractivity contribution in [1.82, 2.24) is 9.97 Å². The van der Waals surface area contributed by atoms with Gasteiger partial charge in [0.2, 0.25) is 5.28 Å². The van der Waals surface area contributed by atoms with Crippen LogP contribution in [0.5, 0.6) is 0 Å². The largest absolute Gasteiger partial charge is 0.332 e. The first-order valence-electron chi connectivity index (χ1n) is 4.71. The van der Waals surface area contributed by atoms with Crippen LogP contribution in [0.2, 0.25) is 10.3 Å². The van der Waals surface area contributed by atoms with Gasteiger partial charge in [0, 0.05) is 16.3 Å². The average Bonchev–Trinajstić information content (AvgIpc) is 2.59. The molecule has 0 bridgehead atoms. The molecule has 1 heterocycles. The highest BCUT2D eigenvalue weighted by Crippen LogP contribution is 2.25. The van der Waals surface area contributed by atoms with Crippen LogP contribution in [0.4, 0.5) is 0 Å². The maximum absolute atomic E-state index is 5.93. The summed E-state index contributed by atoms with van der Waals surface area (Å²) in [7, 11) is 0. The van der Waals surface area contributed by atoms with Gasteiger partial charge in [0.25, 0.3) is 0 Å². The van der Waals surface area contributed by atoms with Gasteiger partial charge in [0.05, 0.1) is 5.69 Å². The smallest absolute Gasteiger partial charge is 0.200 e.